The maximum absolute atomic E-state index is 12.5. The molecule has 1 aliphatic rings. The SMILES string of the molecule is CCOC(=O)N1CCC(N(CC(=O)Nc2ccccc2CC)C(C)=O)CC1. The lowest BCUT2D eigenvalue weighted by molar-refractivity contribution is -0.136. The number of carbonyl (C=O) groups excluding carboxylic acids is 3. The molecule has 1 N–H and O–H groups in total. The molecule has 0 unspecified atom stereocenters. The fourth-order valence-corrected chi connectivity index (χ4v) is 3.37. The first kappa shape index (κ1) is 20.7. The Kier molecular flexibility index (Phi) is 7.64. The molecule has 2 rings (SSSR count). The number of nitrogens with zero attached hydrogens (tertiary/aromatic N) is 2. The predicted molar refractivity (Wildman–Crippen MR) is 103 cm³/mol. The van der Waals surface area contributed by atoms with E-state index in [-0.39, 0.29) is 30.5 Å². The van der Waals surface area contributed by atoms with Crippen molar-refractivity contribution >= 4 is 23.6 Å². The van der Waals surface area contributed by atoms with E-state index in [1.165, 1.54) is 6.92 Å². The highest BCUT2D eigenvalue weighted by molar-refractivity contribution is 5.95. The van der Waals surface area contributed by atoms with Crippen molar-refractivity contribution in [2.75, 3.05) is 31.6 Å². The highest BCUT2D eigenvalue weighted by Crippen LogP contribution is 2.19. The van der Waals surface area contributed by atoms with E-state index in [0.29, 0.717) is 32.5 Å². The normalized spacial score (nSPS) is 14.6. The minimum Gasteiger partial charge on any atom is -0.450 e. The molecule has 0 spiro atoms. The summed E-state index contributed by atoms with van der Waals surface area (Å²) in [4.78, 5) is 39.7. The summed E-state index contributed by atoms with van der Waals surface area (Å²) in [5.41, 5.74) is 1.84. The minimum atomic E-state index is -0.320. The van der Waals surface area contributed by atoms with Gasteiger partial charge in [0, 0.05) is 31.7 Å². The average molecular weight is 375 g/mol. The van der Waals surface area contributed by atoms with E-state index >= 15 is 0 Å². The van der Waals surface area contributed by atoms with Crippen LogP contribution in [0.5, 0.6) is 0 Å². The highest BCUT2D eigenvalue weighted by Gasteiger charge is 2.30. The molecule has 148 valence electrons. The summed E-state index contributed by atoms with van der Waals surface area (Å²) >= 11 is 0. The Morgan fingerprint density at radius 3 is 2.44 bits per heavy atom. The van der Waals surface area contributed by atoms with Crippen molar-refractivity contribution in [1.82, 2.24) is 9.80 Å². The molecule has 0 saturated carbocycles. The Morgan fingerprint density at radius 1 is 1.19 bits per heavy atom. The van der Waals surface area contributed by atoms with Gasteiger partial charge in [-0.1, -0.05) is 25.1 Å². The number of amides is 3. The summed E-state index contributed by atoms with van der Waals surface area (Å²) in [5, 5.41) is 2.91. The molecule has 1 saturated heterocycles. The number of benzene rings is 1. The fourth-order valence-electron chi connectivity index (χ4n) is 3.37. The third kappa shape index (κ3) is 5.70. The van der Waals surface area contributed by atoms with Crippen molar-refractivity contribution in [3.05, 3.63) is 29.8 Å². The molecule has 3 amide bonds. The predicted octanol–water partition coefficient (Wildman–Crippen LogP) is 2.66. The molecule has 0 atom stereocenters. The largest absolute Gasteiger partial charge is 0.450 e. The summed E-state index contributed by atoms with van der Waals surface area (Å²) in [6, 6.07) is 7.60. The summed E-state index contributed by atoms with van der Waals surface area (Å²) in [6.07, 6.45) is 1.77. The lowest BCUT2D eigenvalue weighted by atomic mass is 10.0. The molecule has 7 nitrogen and oxygen atoms in total. The van der Waals surface area contributed by atoms with Crippen LogP contribution >= 0.6 is 0 Å². The number of aryl methyl sites for hydroxylation is 1. The second-order valence-corrected chi connectivity index (χ2v) is 6.62. The van der Waals surface area contributed by atoms with E-state index in [9.17, 15) is 14.4 Å². The Hall–Kier alpha value is -2.57. The van der Waals surface area contributed by atoms with Gasteiger partial charge in [0.2, 0.25) is 11.8 Å². The molecule has 1 aliphatic heterocycles. The summed E-state index contributed by atoms with van der Waals surface area (Å²) in [5.74, 6) is -0.345. The van der Waals surface area contributed by atoms with Crippen LogP contribution in [0.15, 0.2) is 24.3 Å². The van der Waals surface area contributed by atoms with Gasteiger partial charge in [0.15, 0.2) is 0 Å². The zero-order valence-electron chi connectivity index (χ0n) is 16.4. The molecule has 1 aromatic carbocycles. The van der Waals surface area contributed by atoms with Crippen LogP contribution in [0.4, 0.5) is 10.5 Å². The van der Waals surface area contributed by atoms with Gasteiger partial charge >= 0.3 is 6.09 Å². The van der Waals surface area contributed by atoms with Crippen molar-refractivity contribution in [1.29, 1.82) is 0 Å². The lowest BCUT2D eigenvalue weighted by Gasteiger charge is -2.37. The minimum absolute atomic E-state index is 0.0114. The van der Waals surface area contributed by atoms with Crippen LogP contribution in [0.3, 0.4) is 0 Å². The number of piperidine rings is 1. The van der Waals surface area contributed by atoms with Crippen molar-refractivity contribution < 1.29 is 19.1 Å². The standard InChI is InChI=1S/C20H29N3O4/c1-4-16-8-6-7-9-18(16)21-19(25)14-23(15(3)24)17-10-12-22(13-11-17)20(26)27-5-2/h6-9,17H,4-5,10-14H2,1-3H3,(H,21,25). The first-order valence-corrected chi connectivity index (χ1v) is 9.52. The summed E-state index contributed by atoms with van der Waals surface area (Å²) in [7, 11) is 0. The van der Waals surface area contributed by atoms with E-state index < -0.39 is 0 Å². The van der Waals surface area contributed by atoms with E-state index in [2.05, 4.69) is 5.32 Å². The zero-order chi connectivity index (χ0) is 19.8. The molecule has 1 heterocycles. The Labute approximate surface area is 160 Å². The second-order valence-electron chi connectivity index (χ2n) is 6.62. The number of para-hydroxylation sites is 1. The molecule has 1 fully saturated rings. The van der Waals surface area contributed by atoms with Crippen molar-refractivity contribution in [3.8, 4) is 0 Å². The van der Waals surface area contributed by atoms with E-state index in [1.807, 2.05) is 31.2 Å². The molecule has 0 radical (unpaired) electrons. The van der Waals surface area contributed by atoms with Gasteiger partial charge in [0.05, 0.1) is 6.61 Å². The van der Waals surface area contributed by atoms with Crippen molar-refractivity contribution in [2.24, 2.45) is 0 Å². The lowest BCUT2D eigenvalue weighted by Crippen LogP contribution is -2.50. The van der Waals surface area contributed by atoms with Crippen LogP contribution in [0.1, 0.15) is 39.2 Å². The fraction of sp³-hybridized carbons (Fsp3) is 0.550. The second kappa shape index (κ2) is 9.94. The molecular formula is C20H29N3O4. The molecular weight excluding hydrogens is 346 g/mol. The number of hydrogen-bond acceptors (Lipinski definition) is 4. The Bertz CT molecular complexity index is 669. The van der Waals surface area contributed by atoms with Crippen LogP contribution in [-0.4, -0.2) is 60.0 Å². The zero-order valence-corrected chi connectivity index (χ0v) is 16.4. The van der Waals surface area contributed by atoms with Gasteiger partial charge in [-0.05, 0) is 37.8 Å². The molecule has 27 heavy (non-hydrogen) atoms. The van der Waals surface area contributed by atoms with Gasteiger partial charge in [-0.2, -0.15) is 0 Å². The van der Waals surface area contributed by atoms with Crippen LogP contribution in [0.25, 0.3) is 0 Å². The first-order chi connectivity index (χ1) is 13.0. The van der Waals surface area contributed by atoms with E-state index in [0.717, 1.165) is 17.7 Å². The van der Waals surface area contributed by atoms with Gasteiger partial charge in [0.25, 0.3) is 0 Å². The molecule has 0 bridgehead atoms. The monoisotopic (exact) mass is 375 g/mol. The molecule has 0 aliphatic carbocycles. The van der Waals surface area contributed by atoms with Gasteiger partial charge in [-0.3, -0.25) is 9.59 Å². The molecule has 7 heteroatoms. The van der Waals surface area contributed by atoms with Crippen LogP contribution in [0.2, 0.25) is 0 Å². The Morgan fingerprint density at radius 2 is 1.85 bits per heavy atom. The van der Waals surface area contributed by atoms with Gasteiger partial charge in [0.1, 0.15) is 6.54 Å². The van der Waals surface area contributed by atoms with Gasteiger partial charge in [-0.25, -0.2) is 4.79 Å². The first-order valence-electron chi connectivity index (χ1n) is 9.52. The Balaban J connectivity index is 1.95. The maximum Gasteiger partial charge on any atom is 0.409 e. The number of anilines is 1. The van der Waals surface area contributed by atoms with E-state index in [4.69, 9.17) is 4.74 Å². The number of nitrogens with one attached hydrogen (secondary N) is 1. The maximum atomic E-state index is 12.5. The number of hydrogen-bond donors (Lipinski definition) is 1. The highest BCUT2D eigenvalue weighted by atomic mass is 16.6. The van der Waals surface area contributed by atoms with Crippen LogP contribution < -0.4 is 5.32 Å². The van der Waals surface area contributed by atoms with Crippen LogP contribution in [-0.2, 0) is 20.7 Å². The van der Waals surface area contributed by atoms with E-state index in [1.54, 1.807) is 16.7 Å². The van der Waals surface area contributed by atoms with Crippen LogP contribution in [0, 0.1) is 0 Å². The smallest absolute Gasteiger partial charge is 0.409 e. The third-order valence-corrected chi connectivity index (χ3v) is 4.82. The quantitative estimate of drug-likeness (QED) is 0.829. The summed E-state index contributed by atoms with van der Waals surface area (Å²) < 4.78 is 5.02. The number of ether oxygens (including phenoxy) is 1. The number of likely N-dealkylation sites (tertiary alicyclic amines) is 1. The summed E-state index contributed by atoms with van der Waals surface area (Å²) in [6.45, 7) is 6.68. The van der Waals surface area contributed by atoms with Crippen molar-refractivity contribution in [3.63, 3.8) is 0 Å². The topological polar surface area (TPSA) is 79.0 Å². The van der Waals surface area contributed by atoms with Gasteiger partial charge < -0.3 is 19.9 Å². The molecule has 0 aromatic heterocycles. The third-order valence-electron chi connectivity index (χ3n) is 4.82. The number of rotatable bonds is 6. The average Bonchev–Trinajstić information content (AvgIpc) is 2.66. The number of carbonyl (C=O) groups is 3. The van der Waals surface area contributed by atoms with Crippen molar-refractivity contribution in [2.45, 2.75) is 46.1 Å². The molecule has 1 aromatic rings. The van der Waals surface area contributed by atoms with Gasteiger partial charge in [-0.15, -0.1) is 0 Å².